The summed E-state index contributed by atoms with van der Waals surface area (Å²) < 4.78 is 5.47. The van der Waals surface area contributed by atoms with Crippen LogP contribution < -0.4 is 5.73 Å². The maximum absolute atomic E-state index is 5.81. The molecular formula is C25H37N4O+. The van der Waals surface area contributed by atoms with Crippen molar-refractivity contribution < 1.29 is 4.37 Å². The quantitative estimate of drug-likeness (QED) is 0.530. The molecule has 0 aromatic carbocycles. The van der Waals surface area contributed by atoms with Crippen molar-refractivity contribution in [2.75, 3.05) is 39.9 Å². The predicted molar refractivity (Wildman–Crippen MR) is 125 cm³/mol. The van der Waals surface area contributed by atoms with Crippen molar-refractivity contribution in [1.82, 2.24) is 14.5 Å². The first-order valence-electron chi connectivity index (χ1n) is 11.5. The third-order valence-corrected chi connectivity index (χ3v) is 6.71. The summed E-state index contributed by atoms with van der Waals surface area (Å²) in [5.74, 6) is 0.750. The van der Waals surface area contributed by atoms with Crippen molar-refractivity contribution in [3.8, 4) is 0 Å². The van der Waals surface area contributed by atoms with E-state index in [2.05, 4.69) is 63.4 Å². The van der Waals surface area contributed by atoms with Gasteiger partial charge in [0.15, 0.2) is 6.10 Å². The van der Waals surface area contributed by atoms with E-state index in [4.69, 9.17) is 10.8 Å². The van der Waals surface area contributed by atoms with Crippen LogP contribution in [0, 0.1) is 12.8 Å². The second-order valence-electron chi connectivity index (χ2n) is 8.95. The standard InChI is InChI=1S/C25H37N4O/c1-20-8-9-23-10-11-25(29(23)27-20)22-6-5-7-24(18-22)30(2)17-4-3-14-28-15-12-21(19-26)13-16-28/h5-6,8-11,18,21,24H,3-4,7,12-17,19,26H2,1-2H3/q+1. The third kappa shape index (κ3) is 5.02. The molecule has 2 N–H and O–H groups in total. The van der Waals surface area contributed by atoms with E-state index in [1.807, 2.05) is 6.92 Å². The number of aromatic nitrogens is 2. The van der Waals surface area contributed by atoms with E-state index in [0.29, 0.717) is 6.10 Å². The molecule has 1 aliphatic carbocycles. The highest BCUT2D eigenvalue weighted by molar-refractivity contribution is 5.76. The average molecular weight is 410 g/mol. The Morgan fingerprint density at radius 3 is 2.73 bits per heavy atom. The first-order chi connectivity index (χ1) is 14.6. The van der Waals surface area contributed by atoms with Crippen LogP contribution in [0.15, 0.2) is 42.5 Å². The van der Waals surface area contributed by atoms with E-state index in [1.165, 1.54) is 56.6 Å². The lowest BCUT2D eigenvalue weighted by atomic mass is 9.97. The fraction of sp³-hybridized carbons (Fsp3) is 0.560. The molecule has 1 fully saturated rings. The summed E-state index contributed by atoms with van der Waals surface area (Å²) in [5.41, 5.74) is 10.4. The molecule has 0 amide bonds. The first-order valence-corrected chi connectivity index (χ1v) is 11.5. The van der Waals surface area contributed by atoms with Crippen LogP contribution in [0.4, 0.5) is 0 Å². The van der Waals surface area contributed by atoms with Crippen LogP contribution >= 0.6 is 0 Å². The number of nitrogens with two attached hydrogens (primary N) is 1. The molecule has 0 radical (unpaired) electrons. The van der Waals surface area contributed by atoms with Gasteiger partial charge in [-0.3, -0.25) is 0 Å². The number of likely N-dealkylation sites (tertiary alicyclic amines) is 1. The van der Waals surface area contributed by atoms with Gasteiger partial charge in [-0.15, -0.1) is 0 Å². The molecule has 0 bridgehead atoms. The van der Waals surface area contributed by atoms with Crippen LogP contribution in [0.2, 0.25) is 0 Å². The van der Waals surface area contributed by atoms with E-state index in [-0.39, 0.29) is 0 Å². The normalized spacial score (nSPS) is 20.9. The molecule has 30 heavy (non-hydrogen) atoms. The number of allylic oxidation sites excluding steroid dienone is 2. The molecule has 2 aromatic heterocycles. The monoisotopic (exact) mass is 409 g/mol. The molecule has 0 saturated carbocycles. The fourth-order valence-corrected chi connectivity index (χ4v) is 4.66. The number of nitrogens with zero attached hydrogens (tertiary/aromatic N) is 3. The molecular weight excluding hydrogens is 372 g/mol. The zero-order chi connectivity index (χ0) is 20.9. The maximum atomic E-state index is 5.81. The van der Waals surface area contributed by atoms with Gasteiger partial charge in [0.25, 0.3) is 0 Å². The summed E-state index contributed by atoms with van der Waals surface area (Å²) in [6.45, 7) is 7.63. The van der Waals surface area contributed by atoms with Gasteiger partial charge >= 0.3 is 0 Å². The van der Waals surface area contributed by atoms with Gasteiger partial charge in [0.1, 0.15) is 13.7 Å². The van der Waals surface area contributed by atoms with E-state index < -0.39 is 0 Å². The topological polar surface area (TPSA) is 49.3 Å². The molecule has 2 aromatic rings. The molecule has 0 spiro atoms. The number of hydrogen-bond acceptors (Lipinski definition) is 3. The molecule has 3 heterocycles. The second-order valence-corrected chi connectivity index (χ2v) is 8.95. The highest BCUT2D eigenvalue weighted by Crippen LogP contribution is 2.26. The lowest BCUT2D eigenvalue weighted by Crippen LogP contribution is -2.36. The Labute approximate surface area is 180 Å². The van der Waals surface area contributed by atoms with Crippen molar-refractivity contribution in [3.63, 3.8) is 0 Å². The van der Waals surface area contributed by atoms with Gasteiger partial charge in [0.05, 0.1) is 16.9 Å². The van der Waals surface area contributed by atoms with E-state index in [9.17, 15) is 0 Å². The van der Waals surface area contributed by atoms with Crippen LogP contribution in [0.1, 0.15) is 43.5 Å². The predicted octanol–water partition coefficient (Wildman–Crippen LogP) is 3.99. The minimum Gasteiger partial charge on any atom is -0.419 e. The van der Waals surface area contributed by atoms with Crippen molar-refractivity contribution >= 4 is 11.1 Å². The Hall–Kier alpha value is -1.95. The fourth-order valence-electron chi connectivity index (χ4n) is 4.66. The molecule has 1 unspecified atom stereocenters. The molecule has 162 valence electrons. The van der Waals surface area contributed by atoms with Gasteiger partial charge in [-0.05, 0) is 82.5 Å². The summed E-state index contributed by atoms with van der Waals surface area (Å²) in [4.78, 5) is 2.62. The van der Waals surface area contributed by atoms with E-state index in [1.54, 1.807) is 0 Å². The number of unbranched alkanes of at least 4 members (excludes halogenated alkanes) is 1. The summed E-state index contributed by atoms with van der Waals surface area (Å²) in [5, 5.41) is 4.71. The summed E-state index contributed by atoms with van der Waals surface area (Å²) in [6.07, 6.45) is 13.4. The van der Waals surface area contributed by atoms with Crippen LogP contribution in [-0.2, 0) is 4.37 Å². The van der Waals surface area contributed by atoms with Crippen molar-refractivity contribution in [3.05, 3.63) is 53.9 Å². The van der Waals surface area contributed by atoms with Gasteiger partial charge in [-0.2, -0.15) is 5.10 Å². The number of piperidine rings is 1. The van der Waals surface area contributed by atoms with Gasteiger partial charge in [-0.1, -0.05) is 12.2 Å². The lowest BCUT2D eigenvalue weighted by molar-refractivity contribution is -0.136. The first kappa shape index (κ1) is 21.3. The van der Waals surface area contributed by atoms with Crippen molar-refractivity contribution in [2.45, 2.75) is 45.1 Å². The zero-order valence-corrected chi connectivity index (χ0v) is 18.6. The van der Waals surface area contributed by atoms with Gasteiger partial charge in [0.2, 0.25) is 0 Å². The van der Waals surface area contributed by atoms with E-state index in [0.717, 1.165) is 36.7 Å². The number of rotatable bonds is 8. The molecule has 1 atom stereocenters. The van der Waals surface area contributed by atoms with Gasteiger partial charge in [0, 0.05) is 24.5 Å². The minimum absolute atomic E-state index is 0.376. The average Bonchev–Trinajstić information content (AvgIpc) is 3.20. The largest absolute Gasteiger partial charge is 0.419 e. The summed E-state index contributed by atoms with van der Waals surface area (Å²) >= 11 is 0. The molecule has 2 aliphatic rings. The Kier molecular flexibility index (Phi) is 7.03. The van der Waals surface area contributed by atoms with Crippen LogP contribution in [0.25, 0.3) is 11.1 Å². The van der Waals surface area contributed by atoms with Crippen LogP contribution in [0.3, 0.4) is 0 Å². The number of aryl methyl sites for hydroxylation is 1. The second kappa shape index (κ2) is 9.90. The highest BCUT2D eigenvalue weighted by Gasteiger charge is 2.22. The van der Waals surface area contributed by atoms with Gasteiger partial charge < -0.3 is 15.0 Å². The highest BCUT2D eigenvalue weighted by atomic mass is 16.7. The Morgan fingerprint density at radius 1 is 1.13 bits per heavy atom. The Bertz CT molecular complexity index is 892. The van der Waals surface area contributed by atoms with Gasteiger partial charge in [-0.25, -0.2) is 4.52 Å². The molecule has 5 heteroatoms. The van der Waals surface area contributed by atoms with Crippen LogP contribution in [0.5, 0.6) is 0 Å². The van der Waals surface area contributed by atoms with Crippen molar-refractivity contribution in [1.29, 1.82) is 0 Å². The smallest absolute Gasteiger partial charge is 0.179 e. The minimum atomic E-state index is 0.376. The Morgan fingerprint density at radius 2 is 1.93 bits per heavy atom. The molecule has 1 aliphatic heterocycles. The third-order valence-electron chi connectivity index (χ3n) is 6.71. The summed E-state index contributed by atoms with van der Waals surface area (Å²) in [7, 11) is 2.18. The summed E-state index contributed by atoms with van der Waals surface area (Å²) in [6, 6.07) is 8.53. The molecule has 5 nitrogen and oxygen atoms in total. The Balaban J connectivity index is 1.29. The molecule has 1 saturated heterocycles. The SMILES string of the molecule is Cc1ccc2ccc(C3=CC([O+](C)CCCCN4CCC(CN)CC4)CC=C3)n2n1. The molecule has 4 rings (SSSR count). The van der Waals surface area contributed by atoms with E-state index >= 15 is 0 Å². The number of hydrogen-bond donors (Lipinski definition) is 1. The lowest BCUT2D eigenvalue weighted by Gasteiger charge is -2.31. The zero-order valence-electron chi connectivity index (χ0n) is 18.6. The number of fused-ring (bicyclic) bond motifs is 1. The maximum Gasteiger partial charge on any atom is 0.179 e. The van der Waals surface area contributed by atoms with Crippen molar-refractivity contribution in [2.24, 2.45) is 11.7 Å². The van der Waals surface area contributed by atoms with Crippen LogP contribution in [-0.4, -0.2) is 60.5 Å².